The Morgan fingerprint density at radius 1 is 1.19 bits per heavy atom. The van der Waals surface area contributed by atoms with Crippen LogP contribution in [0.3, 0.4) is 0 Å². The number of alkyl halides is 5. The Hall–Kier alpha value is -3.62. The molecule has 0 aromatic carbocycles. The van der Waals surface area contributed by atoms with Crippen molar-refractivity contribution in [3.05, 3.63) is 63.6 Å². The van der Waals surface area contributed by atoms with Gasteiger partial charge in [0, 0.05) is 17.0 Å². The van der Waals surface area contributed by atoms with E-state index in [0.29, 0.717) is 0 Å². The van der Waals surface area contributed by atoms with Crippen molar-refractivity contribution in [2.75, 3.05) is 0 Å². The molecule has 0 aliphatic heterocycles. The number of halogens is 6. The monoisotopic (exact) mass is 456 g/mol. The van der Waals surface area contributed by atoms with Gasteiger partial charge in [0.25, 0.3) is 11.3 Å². The first-order valence-corrected chi connectivity index (χ1v) is 8.97. The zero-order valence-electron chi connectivity index (χ0n) is 16.5. The van der Waals surface area contributed by atoms with Crippen LogP contribution in [0.5, 0.6) is 0 Å². The van der Waals surface area contributed by atoms with Crippen LogP contribution >= 0.6 is 0 Å². The van der Waals surface area contributed by atoms with E-state index in [1.165, 1.54) is 13.8 Å². The van der Waals surface area contributed by atoms with E-state index < -0.39 is 41.1 Å². The second-order valence-corrected chi connectivity index (χ2v) is 7.58. The Morgan fingerprint density at radius 2 is 1.84 bits per heavy atom. The minimum absolute atomic E-state index is 0.0200. The minimum Gasteiger partial charge on any atom is -0.618 e. The predicted molar refractivity (Wildman–Crippen MR) is 100.0 cm³/mol. The second-order valence-electron chi connectivity index (χ2n) is 7.58. The number of hydrogen-bond acceptors (Lipinski definition) is 4. The fraction of sp³-hybridized carbons (Fsp3) is 0.300. The fourth-order valence-electron chi connectivity index (χ4n) is 2.95. The number of pyridine rings is 3. The molecule has 0 N–H and O–H groups in total. The molecule has 32 heavy (non-hydrogen) atoms. The lowest BCUT2D eigenvalue weighted by Gasteiger charge is -2.21. The average molecular weight is 456 g/mol. The van der Waals surface area contributed by atoms with Gasteiger partial charge in [0.1, 0.15) is 5.69 Å². The summed E-state index contributed by atoms with van der Waals surface area (Å²) >= 11 is 0. The summed E-state index contributed by atoms with van der Waals surface area (Å²) in [7, 11) is 0. The molecule has 0 atom stereocenters. The first-order chi connectivity index (χ1) is 14.7. The number of rotatable bonds is 4. The summed E-state index contributed by atoms with van der Waals surface area (Å²) in [4.78, 5) is 15.7. The maximum absolute atomic E-state index is 14.7. The fourth-order valence-corrected chi connectivity index (χ4v) is 2.95. The maximum Gasteiger partial charge on any atom is 0.455 e. The summed E-state index contributed by atoms with van der Waals surface area (Å²) in [5, 5.41) is 21.6. The standard InChI is InChI=1S/C20H14F6N4O2/c1-18(2,9-27)12-6-13(21)17(30(32)8-12)14-5-11-3-4-16(31)29(15(11)7-28-14)10-19(22,23)20(24,25)26/h3-8H,10H2,1-2H3. The molecule has 3 aromatic heterocycles. The minimum atomic E-state index is -5.88. The predicted octanol–water partition coefficient (Wildman–Crippen LogP) is 3.83. The topological polar surface area (TPSA) is 85.6 Å². The van der Waals surface area contributed by atoms with Gasteiger partial charge in [-0.15, -0.1) is 0 Å². The van der Waals surface area contributed by atoms with Gasteiger partial charge in [0.2, 0.25) is 0 Å². The lowest BCUT2D eigenvalue weighted by Crippen LogP contribution is -2.42. The molecule has 12 heteroatoms. The van der Waals surface area contributed by atoms with Crippen molar-refractivity contribution in [2.45, 2.75) is 37.9 Å². The van der Waals surface area contributed by atoms with Crippen molar-refractivity contribution in [1.29, 1.82) is 5.26 Å². The van der Waals surface area contributed by atoms with Gasteiger partial charge < -0.3 is 9.77 Å². The van der Waals surface area contributed by atoms with Crippen molar-refractivity contribution in [3.8, 4) is 17.5 Å². The summed E-state index contributed by atoms with van der Waals surface area (Å²) in [5.74, 6) is -6.21. The van der Waals surface area contributed by atoms with Crippen LogP contribution < -0.4 is 10.3 Å². The quantitative estimate of drug-likeness (QED) is 0.339. The third-order valence-electron chi connectivity index (χ3n) is 4.88. The van der Waals surface area contributed by atoms with E-state index >= 15 is 0 Å². The molecule has 168 valence electrons. The molecule has 0 bridgehead atoms. The molecule has 0 saturated carbocycles. The van der Waals surface area contributed by atoms with Crippen LogP contribution in [-0.4, -0.2) is 21.6 Å². The molecule has 0 saturated heterocycles. The van der Waals surface area contributed by atoms with Crippen molar-refractivity contribution < 1.29 is 31.1 Å². The zero-order chi connectivity index (χ0) is 24.1. The van der Waals surface area contributed by atoms with Crippen molar-refractivity contribution in [3.63, 3.8) is 0 Å². The van der Waals surface area contributed by atoms with E-state index in [1.54, 1.807) is 0 Å². The maximum atomic E-state index is 14.7. The lowest BCUT2D eigenvalue weighted by molar-refractivity contribution is -0.596. The van der Waals surface area contributed by atoms with Gasteiger partial charge in [-0.2, -0.15) is 36.3 Å². The molecule has 3 aromatic rings. The number of aromatic nitrogens is 3. The highest BCUT2D eigenvalue weighted by atomic mass is 19.4. The largest absolute Gasteiger partial charge is 0.618 e. The zero-order valence-corrected chi connectivity index (χ0v) is 16.5. The highest BCUT2D eigenvalue weighted by Crippen LogP contribution is 2.37. The first-order valence-electron chi connectivity index (χ1n) is 8.97. The normalized spacial score (nSPS) is 12.7. The van der Waals surface area contributed by atoms with Crippen molar-refractivity contribution in [2.24, 2.45) is 0 Å². The third-order valence-corrected chi connectivity index (χ3v) is 4.88. The molecule has 0 spiro atoms. The van der Waals surface area contributed by atoms with E-state index in [2.05, 4.69) is 4.98 Å². The van der Waals surface area contributed by atoms with Gasteiger partial charge in [-0.25, -0.2) is 4.98 Å². The Morgan fingerprint density at radius 3 is 2.41 bits per heavy atom. The van der Waals surface area contributed by atoms with E-state index in [4.69, 9.17) is 5.26 Å². The lowest BCUT2D eigenvalue weighted by atomic mass is 9.87. The summed E-state index contributed by atoms with van der Waals surface area (Å²) in [6.45, 7) is 0.985. The molecule has 0 radical (unpaired) electrons. The molecule has 0 fully saturated rings. The Kier molecular flexibility index (Phi) is 5.41. The molecule has 0 aliphatic carbocycles. The average Bonchev–Trinajstić information content (AvgIpc) is 2.68. The SMILES string of the molecule is CC(C)(C#N)c1cc(F)c(-c2cc3ccc(=O)n(CC(F)(F)C(F)(F)F)c3cn2)[n+]([O-])c1. The van der Waals surface area contributed by atoms with Crippen LogP contribution in [0, 0.1) is 22.4 Å². The summed E-state index contributed by atoms with van der Waals surface area (Å²) in [6, 6.07) is 5.89. The Bertz CT molecular complexity index is 1290. The highest BCUT2D eigenvalue weighted by molar-refractivity contribution is 5.81. The van der Waals surface area contributed by atoms with Crippen molar-refractivity contribution >= 4 is 10.9 Å². The van der Waals surface area contributed by atoms with Gasteiger partial charge in [-0.3, -0.25) is 4.79 Å². The van der Waals surface area contributed by atoms with Crippen LogP contribution in [0.15, 0.2) is 41.5 Å². The molecule has 3 rings (SSSR count). The van der Waals surface area contributed by atoms with Crippen LogP contribution in [0.1, 0.15) is 19.4 Å². The van der Waals surface area contributed by atoms with E-state index in [0.717, 1.165) is 36.7 Å². The molecule has 0 aliphatic rings. The molecule has 6 nitrogen and oxygen atoms in total. The van der Waals surface area contributed by atoms with Gasteiger partial charge in [-0.1, -0.05) is 0 Å². The summed E-state index contributed by atoms with van der Waals surface area (Å²) < 4.78 is 79.9. The van der Waals surface area contributed by atoms with Gasteiger partial charge >= 0.3 is 12.1 Å². The van der Waals surface area contributed by atoms with Gasteiger partial charge in [0.15, 0.2) is 12.0 Å². The van der Waals surface area contributed by atoms with E-state index in [1.807, 2.05) is 6.07 Å². The number of nitrogens with zero attached hydrogens (tertiary/aromatic N) is 4. The summed E-state index contributed by atoms with van der Waals surface area (Å²) in [5.41, 5.74) is -3.35. The van der Waals surface area contributed by atoms with Gasteiger partial charge in [0.05, 0.1) is 29.7 Å². The molecule has 3 heterocycles. The van der Waals surface area contributed by atoms with Crippen LogP contribution in [-0.2, 0) is 12.0 Å². The summed E-state index contributed by atoms with van der Waals surface area (Å²) in [6.07, 6.45) is -4.08. The highest BCUT2D eigenvalue weighted by Gasteiger charge is 2.57. The third kappa shape index (κ3) is 3.98. The molecular weight excluding hydrogens is 442 g/mol. The van der Waals surface area contributed by atoms with E-state index in [-0.39, 0.29) is 31.5 Å². The van der Waals surface area contributed by atoms with Crippen LogP contribution in [0.4, 0.5) is 26.3 Å². The van der Waals surface area contributed by atoms with Gasteiger partial charge in [-0.05, 0) is 32.0 Å². The van der Waals surface area contributed by atoms with Crippen LogP contribution in [0.25, 0.3) is 22.3 Å². The Labute approximate surface area is 176 Å². The number of fused-ring (bicyclic) bond motifs is 1. The molecular formula is C20H14F6N4O2. The molecule has 0 unspecified atom stereocenters. The van der Waals surface area contributed by atoms with E-state index in [9.17, 15) is 36.3 Å². The smallest absolute Gasteiger partial charge is 0.455 e. The van der Waals surface area contributed by atoms with Crippen molar-refractivity contribution in [1.82, 2.24) is 9.55 Å². The molecule has 0 amide bonds. The van der Waals surface area contributed by atoms with Crippen LogP contribution in [0.2, 0.25) is 0 Å². The Balaban J connectivity index is 2.14. The first kappa shape index (κ1) is 23.1. The second kappa shape index (κ2) is 7.51. The number of hydrogen-bond donors (Lipinski definition) is 0. The number of nitriles is 1.